The fourth-order valence-electron chi connectivity index (χ4n) is 1.69. The zero-order chi connectivity index (χ0) is 12.3. The molecule has 0 aliphatic carbocycles. The summed E-state index contributed by atoms with van der Waals surface area (Å²) in [7, 11) is 0. The first kappa shape index (κ1) is 12.4. The van der Waals surface area contributed by atoms with Gasteiger partial charge in [-0.25, -0.2) is 0 Å². The van der Waals surface area contributed by atoms with E-state index in [-0.39, 0.29) is 5.60 Å². The minimum Gasteiger partial charge on any atom is -0.483 e. The molecule has 88 valence electrons. The van der Waals surface area contributed by atoms with E-state index in [4.69, 9.17) is 4.74 Å². The molecule has 0 heterocycles. The van der Waals surface area contributed by atoms with Crippen LogP contribution in [-0.4, -0.2) is 0 Å². The molecule has 0 amide bonds. The summed E-state index contributed by atoms with van der Waals surface area (Å²) in [4.78, 5) is 0. The fraction of sp³-hybridized carbons (Fsp3) is 0.200. The summed E-state index contributed by atoms with van der Waals surface area (Å²) in [6, 6.07) is 18.4. The van der Waals surface area contributed by atoms with Crippen molar-refractivity contribution in [3.05, 3.63) is 63.7 Å². The monoisotopic (exact) mass is 338 g/mol. The summed E-state index contributed by atoms with van der Waals surface area (Å²) < 4.78 is 7.26. The molecule has 2 aromatic carbocycles. The smallest absolute Gasteiger partial charge is 0.128 e. The van der Waals surface area contributed by atoms with Crippen molar-refractivity contribution in [1.29, 1.82) is 0 Å². The van der Waals surface area contributed by atoms with E-state index in [1.54, 1.807) is 0 Å². The minimum atomic E-state index is -0.314. The number of rotatable bonds is 3. The molecule has 0 N–H and O–H groups in total. The van der Waals surface area contributed by atoms with E-state index in [1.165, 1.54) is 9.13 Å². The molecule has 0 aliphatic heterocycles. The lowest BCUT2D eigenvalue weighted by Gasteiger charge is -2.27. The maximum absolute atomic E-state index is 6.03. The Bertz CT molecular complexity index is 474. The topological polar surface area (TPSA) is 9.23 Å². The van der Waals surface area contributed by atoms with Gasteiger partial charge < -0.3 is 4.74 Å². The van der Waals surface area contributed by atoms with E-state index >= 15 is 0 Å². The molecule has 0 bridgehead atoms. The van der Waals surface area contributed by atoms with Crippen LogP contribution in [0.4, 0.5) is 0 Å². The summed E-state index contributed by atoms with van der Waals surface area (Å²) in [6.07, 6.45) is 0. The molecule has 0 fully saturated rings. The van der Waals surface area contributed by atoms with Crippen LogP contribution in [-0.2, 0) is 5.60 Å². The van der Waals surface area contributed by atoms with E-state index in [1.807, 2.05) is 30.3 Å². The third kappa shape index (κ3) is 3.22. The van der Waals surface area contributed by atoms with Gasteiger partial charge >= 0.3 is 0 Å². The Morgan fingerprint density at radius 2 is 1.47 bits per heavy atom. The normalized spacial score (nSPS) is 11.2. The van der Waals surface area contributed by atoms with Crippen molar-refractivity contribution in [2.75, 3.05) is 0 Å². The molecule has 1 nitrogen and oxygen atoms in total. The highest BCUT2D eigenvalue weighted by Crippen LogP contribution is 2.27. The van der Waals surface area contributed by atoms with Crippen molar-refractivity contribution in [2.24, 2.45) is 0 Å². The highest BCUT2D eigenvalue weighted by Gasteiger charge is 2.22. The first-order valence-electron chi connectivity index (χ1n) is 5.58. The van der Waals surface area contributed by atoms with E-state index in [9.17, 15) is 0 Å². The predicted octanol–water partition coefficient (Wildman–Crippen LogP) is 4.61. The van der Waals surface area contributed by atoms with E-state index < -0.39 is 0 Å². The van der Waals surface area contributed by atoms with Gasteiger partial charge in [0.05, 0.1) is 0 Å². The Morgan fingerprint density at radius 1 is 0.882 bits per heavy atom. The zero-order valence-corrected chi connectivity index (χ0v) is 12.1. The van der Waals surface area contributed by atoms with Crippen LogP contribution in [0.3, 0.4) is 0 Å². The molecule has 0 atom stereocenters. The van der Waals surface area contributed by atoms with Gasteiger partial charge in [0.25, 0.3) is 0 Å². The van der Waals surface area contributed by atoms with Gasteiger partial charge in [0.15, 0.2) is 0 Å². The molecule has 2 aromatic rings. The Kier molecular flexibility index (Phi) is 3.72. The number of hydrogen-bond acceptors (Lipinski definition) is 1. The van der Waals surface area contributed by atoms with E-state index in [2.05, 4.69) is 60.7 Å². The maximum atomic E-state index is 6.03. The van der Waals surface area contributed by atoms with Crippen LogP contribution in [0.5, 0.6) is 5.75 Å². The maximum Gasteiger partial charge on any atom is 0.128 e. The third-order valence-corrected chi connectivity index (χ3v) is 3.37. The number of para-hydroxylation sites is 1. The van der Waals surface area contributed by atoms with Crippen LogP contribution in [0.1, 0.15) is 19.4 Å². The Hall–Kier alpha value is -1.03. The Balaban J connectivity index is 2.21. The molecular weight excluding hydrogens is 323 g/mol. The van der Waals surface area contributed by atoms with Crippen LogP contribution < -0.4 is 4.74 Å². The first-order valence-corrected chi connectivity index (χ1v) is 6.66. The SMILES string of the molecule is CC(C)(Oc1ccccc1)c1ccc(I)cc1. The summed E-state index contributed by atoms with van der Waals surface area (Å²) >= 11 is 2.31. The highest BCUT2D eigenvalue weighted by atomic mass is 127. The molecule has 0 saturated heterocycles. The molecule has 0 aliphatic rings. The van der Waals surface area contributed by atoms with Crippen LogP contribution in [0.15, 0.2) is 54.6 Å². The second-order valence-electron chi connectivity index (χ2n) is 4.43. The van der Waals surface area contributed by atoms with Gasteiger partial charge in [-0.15, -0.1) is 0 Å². The van der Waals surface area contributed by atoms with Gasteiger partial charge in [-0.3, -0.25) is 0 Å². The summed E-state index contributed by atoms with van der Waals surface area (Å²) in [5, 5.41) is 0. The predicted molar refractivity (Wildman–Crippen MR) is 79.3 cm³/mol. The lowest BCUT2D eigenvalue weighted by Crippen LogP contribution is -2.25. The summed E-state index contributed by atoms with van der Waals surface area (Å²) in [6.45, 7) is 4.17. The molecule has 0 radical (unpaired) electrons. The van der Waals surface area contributed by atoms with E-state index in [0.717, 1.165) is 5.75 Å². The second-order valence-corrected chi connectivity index (χ2v) is 5.68. The average molecular weight is 338 g/mol. The molecular formula is C15H15IO. The molecule has 2 heteroatoms. The highest BCUT2D eigenvalue weighted by molar-refractivity contribution is 14.1. The molecule has 17 heavy (non-hydrogen) atoms. The van der Waals surface area contributed by atoms with Crippen LogP contribution >= 0.6 is 22.6 Å². The molecule has 0 spiro atoms. The third-order valence-electron chi connectivity index (χ3n) is 2.66. The number of ether oxygens (including phenoxy) is 1. The fourth-order valence-corrected chi connectivity index (χ4v) is 2.05. The van der Waals surface area contributed by atoms with Crippen molar-refractivity contribution in [2.45, 2.75) is 19.4 Å². The van der Waals surface area contributed by atoms with Gasteiger partial charge in [0.2, 0.25) is 0 Å². The van der Waals surface area contributed by atoms with Gasteiger partial charge in [-0.2, -0.15) is 0 Å². The molecule has 0 saturated carbocycles. The van der Waals surface area contributed by atoms with Gasteiger partial charge in [-0.1, -0.05) is 30.3 Å². The van der Waals surface area contributed by atoms with Crippen LogP contribution in [0, 0.1) is 3.57 Å². The lowest BCUT2D eigenvalue weighted by atomic mass is 9.98. The van der Waals surface area contributed by atoms with Gasteiger partial charge in [0.1, 0.15) is 11.4 Å². The largest absolute Gasteiger partial charge is 0.483 e. The number of benzene rings is 2. The van der Waals surface area contributed by atoms with Crippen LogP contribution in [0.2, 0.25) is 0 Å². The van der Waals surface area contributed by atoms with Crippen molar-refractivity contribution in [3.63, 3.8) is 0 Å². The Labute approximate surface area is 116 Å². The molecule has 0 aromatic heterocycles. The van der Waals surface area contributed by atoms with Crippen molar-refractivity contribution >= 4 is 22.6 Å². The van der Waals surface area contributed by atoms with Gasteiger partial charge in [0, 0.05) is 3.57 Å². The summed E-state index contributed by atoms with van der Waals surface area (Å²) in [5.74, 6) is 0.899. The number of halogens is 1. The second kappa shape index (κ2) is 5.08. The minimum absolute atomic E-state index is 0.314. The summed E-state index contributed by atoms with van der Waals surface area (Å²) in [5.41, 5.74) is 0.868. The standard InChI is InChI=1S/C15H15IO/c1-15(2,12-8-10-13(16)11-9-12)17-14-6-4-3-5-7-14/h3-11H,1-2H3. The number of hydrogen-bond donors (Lipinski definition) is 0. The van der Waals surface area contributed by atoms with Gasteiger partial charge in [-0.05, 0) is 66.3 Å². The quantitative estimate of drug-likeness (QED) is 0.743. The van der Waals surface area contributed by atoms with Crippen LogP contribution in [0.25, 0.3) is 0 Å². The average Bonchev–Trinajstić information content (AvgIpc) is 2.30. The van der Waals surface area contributed by atoms with E-state index in [0.29, 0.717) is 0 Å². The zero-order valence-electron chi connectivity index (χ0n) is 9.98. The lowest BCUT2D eigenvalue weighted by molar-refractivity contribution is 0.109. The first-order chi connectivity index (χ1) is 8.08. The van der Waals surface area contributed by atoms with Crippen molar-refractivity contribution in [3.8, 4) is 5.75 Å². The molecule has 2 rings (SSSR count). The Morgan fingerprint density at radius 3 is 2.06 bits per heavy atom. The van der Waals surface area contributed by atoms with Crippen molar-refractivity contribution < 1.29 is 4.74 Å². The molecule has 0 unspecified atom stereocenters. The van der Waals surface area contributed by atoms with Crippen molar-refractivity contribution in [1.82, 2.24) is 0 Å².